The van der Waals surface area contributed by atoms with Crippen LogP contribution in [-0.2, 0) is 54.0 Å². The minimum atomic E-state index is -1.12. The van der Waals surface area contributed by atoms with E-state index in [4.69, 9.17) is 20.1 Å². The second-order valence-corrected chi connectivity index (χ2v) is 47.5. The van der Waals surface area contributed by atoms with Crippen LogP contribution in [-0.4, -0.2) is 163 Å². The molecule has 3 fully saturated rings. The summed E-state index contributed by atoms with van der Waals surface area (Å²) in [5.74, 6) is 6.69. The monoisotopic (exact) mass is 1380 g/mol. The molecule has 3 saturated heterocycles. The third kappa shape index (κ3) is 19.7. The van der Waals surface area contributed by atoms with Gasteiger partial charge in [-0.1, -0.05) is 155 Å². The Morgan fingerprint density at radius 1 is 0.500 bits per heavy atom. The van der Waals surface area contributed by atoms with Crippen molar-refractivity contribution >= 4 is 74.3 Å². The highest BCUT2D eigenvalue weighted by Gasteiger charge is 2.32. The number of ketones is 1. The van der Waals surface area contributed by atoms with Crippen LogP contribution in [0.1, 0.15) is 83.0 Å². The Morgan fingerprint density at radius 3 is 1.40 bits per heavy atom. The molecule has 3 aromatic carbocycles. The number of nitrogens with two attached hydrogens (primary N) is 1. The van der Waals surface area contributed by atoms with Crippen LogP contribution in [0.2, 0.25) is 77.1 Å². The first-order valence-electron chi connectivity index (χ1n) is 35.5. The Kier molecular flexibility index (Phi) is 24.6. The minimum absolute atomic E-state index is 0.0260. The minimum Gasteiger partial charge on any atom is -0.361 e. The molecular formula is C75H104N16O4Si3. The zero-order valence-electron chi connectivity index (χ0n) is 59.5. The van der Waals surface area contributed by atoms with Gasteiger partial charge in [-0.05, 0) is 111 Å². The topological polar surface area (TPSA) is 202 Å². The number of fused-ring (bicyclic) bond motifs is 5. The lowest BCUT2D eigenvalue weighted by Gasteiger charge is -2.33. The number of carbonyl (C=O) groups excluding carboxylic acids is 1. The van der Waals surface area contributed by atoms with Gasteiger partial charge in [-0.3, -0.25) is 19.5 Å². The van der Waals surface area contributed by atoms with Gasteiger partial charge in [0.1, 0.15) is 67.3 Å². The molecule has 20 nitrogen and oxygen atoms in total. The predicted molar refractivity (Wildman–Crippen MR) is 401 cm³/mol. The van der Waals surface area contributed by atoms with Crippen molar-refractivity contribution in [2.24, 2.45) is 22.8 Å². The number of rotatable bonds is 26. The van der Waals surface area contributed by atoms with Gasteiger partial charge < -0.3 is 33.8 Å². The standard InChI is InChI=1S/C25H34N6OSi.C25H36N6OSi.C25H34N4O2Si/c1-33(2,3)15-14-32-19-30-13-11-22-24-23(27-28-31(24)18-26-25(22)30)21-10-7-12-29(17-21)16-20-8-5-4-6-9-20;1-33(2,3)15-14-32-19-31-13-11-22-24(27-18-28-25(22)31)23(29-26)21-10-7-12-30(17-21)16-20-8-5-4-6-9-20;1-32(2,3)15-14-31-19-29-13-11-22-23(26-18-27-25(22)29)24(30)21-10-7-12-28(17-21)16-20-8-5-4-6-9-20/h4-6,8-9,11,13,18,21H,7,10,12,14-17,19H2,1-3H3;4-6,8-9,11,13,18,21H,7,10,12,14-17,19,26H2,1-3H3;4-6,8-9,11,13,18,21H,7,10,12,14-17,19H2,1-3H3. The highest BCUT2D eigenvalue weighted by Crippen LogP contribution is 2.33. The maximum absolute atomic E-state index is 13.4. The molecule has 0 bridgehead atoms. The second kappa shape index (κ2) is 33.6. The normalized spacial score (nSPS) is 17.9. The van der Waals surface area contributed by atoms with Gasteiger partial charge in [0.05, 0.1) is 17.1 Å². The molecule has 10 heterocycles. The summed E-state index contributed by atoms with van der Waals surface area (Å²) in [6, 6.07) is 41.4. The molecule has 3 aliphatic rings. The molecule has 7 aromatic heterocycles. The molecule has 0 spiro atoms. The fraction of sp³-hybridized carbons (Fsp3) is 0.480. The molecule has 3 unspecified atom stereocenters. The molecule has 3 aliphatic heterocycles. The van der Waals surface area contributed by atoms with E-state index in [1.165, 1.54) is 35.5 Å². The van der Waals surface area contributed by atoms with Gasteiger partial charge in [0.15, 0.2) is 5.78 Å². The highest BCUT2D eigenvalue weighted by molar-refractivity contribution is 6.76. The number of likely N-dealkylation sites (tertiary alicyclic amines) is 3. The molecule has 0 aliphatic carbocycles. The van der Waals surface area contributed by atoms with Gasteiger partial charge in [0.2, 0.25) is 0 Å². The number of hydrazone groups is 1. The van der Waals surface area contributed by atoms with Gasteiger partial charge in [0, 0.05) is 136 Å². The molecule has 98 heavy (non-hydrogen) atoms. The number of piperidine rings is 3. The number of carbonyl (C=O) groups is 1. The van der Waals surface area contributed by atoms with E-state index in [-0.39, 0.29) is 17.6 Å². The molecule has 520 valence electrons. The summed E-state index contributed by atoms with van der Waals surface area (Å²) in [7, 11) is -3.31. The fourth-order valence-electron chi connectivity index (χ4n) is 13.5. The molecule has 3 atom stereocenters. The lowest BCUT2D eigenvalue weighted by molar-refractivity contribution is 0.0807. The maximum atomic E-state index is 13.4. The summed E-state index contributed by atoms with van der Waals surface area (Å²) in [5, 5.41) is 16.2. The lowest BCUT2D eigenvalue weighted by Crippen LogP contribution is -2.39. The van der Waals surface area contributed by atoms with Crippen LogP contribution in [0.15, 0.2) is 152 Å². The van der Waals surface area contributed by atoms with Gasteiger partial charge in [-0.15, -0.1) is 5.10 Å². The van der Waals surface area contributed by atoms with E-state index in [1.54, 1.807) is 12.7 Å². The molecule has 0 amide bonds. The Morgan fingerprint density at radius 2 is 0.918 bits per heavy atom. The van der Waals surface area contributed by atoms with Crippen molar-refractivity contribution in [3.05, 3.63) is 181 Å². The molecule has 23 heteroatoms. The molecule has 0 radical (unpaired) electrons. The number of hydrogen-bond acceptors (Lipinski definition) is 16. The van der Waals surface area contributed by atoms with Crippen LogP contribution in [0.4, 0.5) is 0 Å². The largest absolute Gasteiger partial charge is 0.361 e. The van der Waals surface area contributed by atoms with Crippen LogP contribution in [0.25, 0.3) is 38.6 Å². The average molecular weight is 1380 g/mol. The smallest absolute Gasteiger partial charge is 0.186 e. The molecular weight excluding hydrogens is 1270 g/mol. The van der Waals surface area contributed by atoms with Gasteiger partial charge in [-0.25, -0.2) is 29.4 Å². The maximum Gasteiger partial charge on any atom is 0.186 e. The Hall–Kier alpha value is -7.46. The first kappa shape index (κ1) is 71.8. The van der Waals surface area contributed by atoms with E-state index in [9.17, 15) is 4.79 Å². The lowest BCUT2D eigenvalue weighted by atomic mass is 9.90. The van der Waals surface area contributed by atoms with Gasteiger partial charge in [-0.2, -0.15) is 5.10 Å². The highest BCUT2D eigenvalue weighted by atomic mass is 28.3. The Balaban J connectivity index is 0.000000149. The number of hydrogen-bond donors (Lipinski definition) is 1. The van der Waals surface area contributed by atoms with Gasteiger partial charge >= 0.3 is 0 Å². The zero-order valence-corrected chi connectivity index (χ0v) is 62.5. The first-order chi connectivity index (χ1) is 47.3. The molecule has 10 aromatic rings. The van der Waals surface area contributed by atoms with E-state index < -0.39 is 24.2 Å². The summed E-state index contributed by atoms with van der Waals surface area (Å²) >= 11 is 0. The summed E-state index contributed by atoms with van der Waals surface area (Å²) in [6.45, 7) is 33.8. The van der Waals surface area contributed by atoms with Crippen LogP contribution in [0.5, 0.6) is 0 Å². The van der Waals surface area contributed by atoms with Gasteiger partial charge in [0.25, 0.3) is 0 Å². The predicted octanol–water partition coefficient (Wildman–Crippen LogP) is 13.9. The number of aromatic nitrogens is 11. The average Bonchev–Trinajstić information content (AvgIpc) is 1.61. The van der Waals surface area contributed by atoms with Crippen LogP contribution in [0, 0.1) is 11.8 Å². The summed E-state index contributed by atoms with van der Waals surface area (Å²) in [6.07, 6.45) is 17.4. The quantitative estimate of drug-likeness (QED) is 0.0134. The van der Waals surface area contributed by atoms with Crippen molar-refractivity contribution < 1.29 is 19.0 Å². The summed E-state index contributed by atoms with van der Waals surface area (Å²) in [5.41, 5.74) is 11.0. The molecule has 13 rings (SSSR count). The van der Waals surface area contributed by atoms with Crippen molar-refractivity contribution in [1.29, 1.82) is 0 Å². The van der Waals surface area contributed by atoms with Crippen LogP contribution < -0.4 is 5.84 Å². The third-order valence-corrected chi connectivity index (χ3v) is 24.1. The van der Waals surface area contributed by atoms with Crippen molar-refractivity contribution in [2.45, 2.75) is 161 Å². The number of benzene rings is 3. The molecule has 0 saturated carbocycles. The third-order valence-electron chi connectivity index (χ3n) is 19.0. The Bertz CT molecular complexity index is 4180. The van der Waals surface area contributed by atoms with E-state index in [2.05, 4.69) is 222 Å². The van der Waals surface area contributed by atoms with Crippen LogP contribution >= 0.6 is 0 Å². The van der Waals surface area contributed by atoms with E-state index in [1.807, 2.05) is 38.2 Å². The molecule has 2 N–H and O–H groups in total. The summed E-state index contributed by atoms with van der Waals surface area (Å²) in [4.78, 5) is 43.5. The first-order valence-corrected chi connectivity index (χ1v) is 46.6. The van der Waals surface area contributed by atoms with Crippen molar-refractivity contribution in [3.8, 4) is 0 Å². The van der Waals surface area contributed by atoms with E-state index in [0.717, 1.165) is 179 Å². The van der Waals surface area contributed by atoms with Crippen molar-refractivity contribution in [3.63, 3.8) is 0 Å². The number of Topliss-reactive ketones (excluding diaryl/α,β-unsaturated/α-hetero) is 1. The van der Waals surface area contributed by atoms with Crippen molar-refractivity contribution in [2.75, 3.05) is 59.1 Å². The second-order valence-electron chi connectivity index (χ2n) is 30.6. The van der Waals surface area contributed by atoms with E-state index in [0.29, 0.717) is 31.8 Å². The SMILES string of the molecule is C[Si](C)(C)CCOCn1ccc2c(C(=NN)C3CCCN(Cc4ccccc4)C3)ncnc21.C[Si](C)(C)CCOCn1ccc2c(C(=O)C3CCCN(Cc4ccccc4)C3)ncnc21.C[Si](C)(C)CCOCn1ccc2c1ncn1nnc(C3CCCN(Cc4ccccc4)C3)c21. The Labute approximate surface area is 582 Å². The van der Waals surface area contributed by atoms with Crippen LogP contribution in [0.3, 0.4) is 0 Å². The van der Waals surface area contributed by atoms with E-state index >= 15 is 0 Å². The number of ether oxygens (including phenoxy) is 3. The summed E-state index contributed by atoms with van der Waals surface area (Å²) < 4.78 is 25.8. The number of nitrogens with zero attached hydrogens (tertiary/aromatic N) is 15. The van der Waals surface area contributed by atoms with Crippen molar-refractivity contribution in [1.82, 2.24) is 68.1 Å². The zero-order chi connectivity index (χ0) is 68.7. The fourth-order valence-corrected chi connectivity index (χ4v) is 15.8.